The monoisotopic (exact) mass is 420 g/mol. The summed E-state index contributed by atoms with van der Waals surface area (Å²) in [6.45, 7) is 7.29. The molecular weight excluding hydrogens is 387 g/mol. The lowest BCUT2D eigenvalue weighted by Crippen LogP contribution is -2.53. The fraction of sp³-hybridized carbons (Fsp3) is 0.773. The molecular formula is C22H33FN4O3. The summed E-state index contributed by atoms with van der Waals surface area (Å²) in [5.41, 5.74) is -0.468. The Morgan fingerprint density at radius 3 is 2.33 bits per heavy atom. The summed E-state index contributed by atoms with van der Waals surface area (Å²) < 4.78 is 24.7. The van der Waals surface area contributed by atoms with E-state index < -0.39 is 11.4 Å². The van der Waals surface area contributed by atoms with Crippen LogP contribution < -0.4 is 4.90 Å². The number of nitrogens with zero attached hydrogens (tertiary/aromatic N) is 4. The number of fused-ring (bicyclic) bond motifs is 2. The fourth-order valence-electron chi connectivity index (χ4n) is 5.56. The standard InChI is InChI=1S/C22H33FN4O3/c1-22(2,3)30-21(28)27-16-5-6-17(27)10-14(9-16)18-7-8-26(13-19(18)29-4)20-24-11-15(23)12-25-20/h11-12,14,16-19H,5-10,13H2,1-4H3/t14?,16-,17+,18-,19-/m1/s1. The molecule has 3 fully saturated rings. The number of piperidine rings is 2. The average Bonchev–Trinajstić information content (AvgIpc) is 2.97. The fourth-order valence-corrected chi connectivity index (χ4v) is 5.56. The van der Waals surface area contributed by atoms with E-state index in [0.717, 1.165) is 38.6 Å². The molecule has 0 saturated carbocycles. The van der Waals surface area contributed by atoms with Crippen LogP contribution in [-0.2, 0) is 9.47 Å². The number of halogens is 1. The number of hydrogen-bond donors (Lipinski definition) is 0. The van der Waals surface area contributed by atoms with Gasteiger partial charge >= 0.3 is 6.09 Å². The zero-order valence-electron chi connectivity index (χ0n) is 18.4. The van der Waals surface area contributed by atoms with Gasteiger partial charge in [0.2, 0.25) is 5.95 Å². The quantitative estimate of drug-likeness (QED) is 0.744. The molecule has 7 nitrogen and oxygen atoms in total. The summed E-state index contributed by atoms with van der Waals surface area (Å²) in [4.78, 5) is 25.1. The zero-order valence-corrected chi connectivity index (χ0v) is 18.4. The zero-order chi connectivity index (χ0) is 21.5. The van der Waals surface area contributed by atoms with Gasteiger partial charge in [0.05, 0.1) is 18.5 Å². The van der Waals surface area contributed by atoms with Crippen molar-refractivity contribution in [2.24, 2.45) is 11.8 Å². The van der Waals surface area contributed by atoms with Crippen LogP contribution in [0.15, 0.2) is 12.4 Å². The van der Waals surface area contributed by atoms with Gasteiger partial charge in [0.25, 0.3) is 0 Å². The molecule has 1 unspecified atom stereocenters. The first-order valence-corrected chi connectivity index (χ1v) is 11.0. The van der Waals surface area contributed by atoms with Gasteiger partial charge in [-0.1, -0.05) is 0 Å². The number of carbonyl (C=O) groups is 1. The highest BCUT2D eigenvalue weighted by molar-refractivity contribution is 5.69. The number of hydrogen-bond acceptors (Lipinski definition) is 6. The lowest BCUT2D eigenvalue weighted by Gasteiger charge is -2.46. The Morgan fingerprint density at radius 2 is 1.77 bits per heavy atom. The van der Waals surface area contributed by atoms with Crippen molar-refractivity contribution < 1.29 is 18.7 Å². The molecule has 166 valence electrons. The molecule has 30 heavy (non-hydrogen) atoms. The van der Waals surface area contributed by atoms with Gasteiger partial charge in [-0.25, -0.2) is 19.2 Å². The van der Waals surface area contributed by atoms with E-state index in [1.807, 2.05) is 25.7 Å². The van der Waals surface area contributed by atoms with Gasteiger partial charge in [-0.15, -0.1) is 0 Å². The first-order chi connectivity index (χ1) is 14.2. The molecule has 3 saturated heterocycles. The van der Waals surface area contributed by atoms with E-state index in [9.17, 15) is 9.18 Å². The van der Waals surface area contributed by atoms with Crippen LogP contribution in [-0.4, -0.2) is 64.9 Å². The first kappa shape index (κ1) is 21.3. The van der Waals surface area contributed by atoms with E-state index in [1.165, 1.54) is 12.4 Å². The maximum absolute atomic E-state index is 13.2. The van der Waals surface area contributed by atoms with Crippen LogP contribution in [0.5, 0.6) is 0 Å². The Hall–Kier alpha value is -1.96. The second kappa shape index (κ2) is 8.29. The topological polar surface area (TPSA) is 67.8 Å². The highest BCUT2D eigenvalue weighted by Gasteiger charge is 2.48. The van der Waals surface area contributed by atoms with Crippen molar-refractivity contribution in [2.45, 2.75) is 76.7 Å². The van der Waals surface area contributed by atoms with Crippen molar-refractivity contribution in [3.63, 3.8) is 0 Å². The number of amides is 1. The Bertz CT molecular complexity index is 740. The predicted octanol–water partition coefficient (Wildman–Crippen LogP) is 3.64. The second-order valence-corrected chi connectivity index (χ2v) is 9.88. The summed E-state index contributed by atoms with van der Waals surface area (Å²) in [5.74, 6) is 1.10. The molecule has 4 rings (SSSR count). The molecule has 1 aromatic heterocycles. The van der Waals surface area contributed by atoms with E-state index in [-0.39, 0.29) is 24.3 Å². The maximum Gasteiger partial charge on any atom is 0.410 e. The summed E-state index contributed by atoms with van der Waals surface area (Å²) in [6.07, 6.45) is 7.43. The van der Waals surface area contributed by atoms with Crippen molar-refractivity contribution >= 4 is 12.0 Å². The van der Waals surface area contributed by atoms with Crippen LogP contribution in [0.25, 0.3) is 0 Å². The van der Waals surface area contributed by atoms with Gasteiger partial charge in [-0.3, -0.25) is 0 Å². The van der Waals surface area contributed by atoms with Crippen molar-refractivity contribution in [2.75, 3.05) is 25.1 Å². The molecule has 4 heterocycles. The van der Waals surface area contributed by atoms with E-state index in [1.54, 1.807) is 7.11 Å². The molecule has 2 bridgehead atoms. The number of aromatic nitrogens is 2. The van der Waals surface area contributed by atoms with Gasteiger partial charge in [-0.2, -0.15) is 0 Å². The third-order valence-corrected chi connectivity index (χ3v) is 6.78. The van der Waals surface area contributed by atoms with Gasteiger partial charge in [0.1, 0.15) is 5.60 Å². The number of carbonyl (C=O) groups excluding carboxylic acids is 1. The number of methoxy groups -OCH3 is 1. The van der Waals surface area contributed by atoms with Crippen LogP contribution in [0.3, 0.4) is 0 Å². The molecule has 1 amide bonds. The number of anilines is 1. The van der Waals surface area contributed by atoms with Crippen LogP contribution >= 0.6 is 0 Å². The molecule has 0 N–H and O–H groups in total. The molecule has 8 heteroatoms. The number of rotatable bonds is 3. The smallest absolute Gasteiger partial charge is 0.410 e. The summed E-state index contributed by atoms with van der Waals surface area (Å²) in [7, 11) is 1.76. The van der Waals surface area contributed by atoms with E-state index in [4.69, 9.17) is 9.47 Å². The van der Waals surface area contributed by atoms with E-state index >= 15 is 0 Å². The highest BCUT2D eigenvalue weighted by Crippen LogP contribution is 2.45. The Morgan fingerprint density at radius 1 is 1.13 bits per heavy atom. The van der Waals surface area contributed by atoms with Crippen LogP contribution in [0.1, 0.15) is 52.9 Å². The van der Waals surface area contributed by atoms with Crippen LogP contribution in [0, 0.1) is 17.7 Å². The van der Waals surface area contributed by atoms with Gasteiger partial charge in [0, 0.05) is 32.3 Å². The van der Waals surface area contributed by atoms with Crippen LogP contribution in [0.2, 0.25) is 0 Å². The minimum Gasteiger partial charge on any atom is -0.444 e. The highest BCUT2D eigenvalue weighted by atomic mass is 19.1. The molecule has 0 radical (unpaired) electrons. The lowest BCUT2D eigenvalue weighted by atomic mass is 9.75. The third kappa shape index (κ3) is 4.38. The largest absolute Gasteiger partial charge is 0.444 e. The maximum atomic E-state index is 13.2. The SMILES string of the molecule is CO[C@@H]1CN(c2ncc(F)cn2)CC[C@@H]1C1C[C@H]2CC[C@@H](C1)N2C(=O)OC(C)(C)C. The summed E-state index contributed by atoms with van der Waals surface area (Å²) in [5, 5.41) is 0. The van der Waals surface area contributed by atoms with Gasteiger partial charge in [-0.05, 0) is 64.7 Å². The predicted molar refractivity (Wildman–Crippen MR) is 111 cm³/mol. The Labute approximate surface area is 177 Å². The summed E-state index contributed by atoms with van der Waals surface area (Å²) >= 11 is 0. The van der Waals surface area contributed by atoms with Crippen molar-refractivity contribution in [3.05, 3.63) is 18.2 Å². The normalized spacial score (nSPS) is 31.7. The van der Waals surface area contributed by atoms with E-state index in [2.05, 4.69) is 14.9 Å². The molecule has 0 spiro atoms. The summed E-state index contributed by atoms with van der Waals surface area (Å²) in [6, 6.07) is 0.527. The lowest BCUT2D eigenvalue weighted by molar-refractivity contribution is -0.0266. The molecule has 0 aromatic carbocycles. The minimum atomic E-state index is -0.468. The molecule has 5 atom stereocenters. The number of ether oxygens (including phenoxy) is 2. The molecule has 3 aliphatic heterocycles. The van der Waals surface area contributed by atoms with Gasteiger partial charge in [0.15, 0.2) is 5.82 Å². The van der Waals surface area contributed by atoms with E-state index in [0.29, 0.717) is 24.3 Å². The molecule has 0 aliphatic carbocycles. The first-order valence-electron chi connectivity index (χ1n) is 11.0. The van der Waals surface area contributed by atoms with Gasteiger partial charge < -0.3 is 19.3 Å². The van der Waals surface area contributed by atoms with Crippen molar-refractivity contribution in [1.29, 1.82) is 0 Å². The molecule has 3 aliphatic rings. The van der Waals surface area contributed by atoms with Crippen molar-refractivity contribution in [3.8, 4) is 0 Å². The average molecular weight is 421 g/mol. The van der Waals surface area contributed by atoms with Crippen molar-refractivity contribution in [1.82, 2.24) is 14.9 Å². The Kier molecular flexibility index (Phi) is 5.88. The Balaban J connectivity index is 1.41. The third-order valence-electron chi connectivity index (χ3n) is 6.78. The minimum absolute atomic E-state index is 0.0740. The second-order valence-electron chi connectivity index (χ2n) is 9.88. The van der Waals surface area contributed by atoms with Crippen LogP contribution in [0.4, 0.5) is 15.1 Å². The molecule has 1 aromatic rings.